The number of aliphatic carboxylic acids is 1. The molecule has 0 spiro atoms. The summed E-state index contributed by atoms with van der Waals surface area (Å²) in [5.41, 5.74) is 2.49. The molecule has 4 heteroatoms. The highest BCUT2D eigenvalue weighted by atomic mass is 16.4. The maximum Gasteiger partial charge on any atom is 0.303 e. The highest BCUT2D eigenvalue weighted by Crippen LogP contribution is 2.22. The van der Waals surface area contributed by atoms with Crippen LogP contribution in [0.15, 0.2) is 36.4 Å². The van der Waals surface area contributed by atoms with E-state index in [9.17, 15) is 9.59 Å². The molecule has 0 aliphatic carbocycles. The molecule has 0 bridgehead atoms. The Bertz CT molecular complexity index is 508. The Morgan fingerprint density at radius 2 is 1.90 bits per heavy atom. The summed E-state index contributed by atoms with van der Waals surface area (Å²) in [7, 11) is 0. The van der Waals surface area contributed by atoms with Crippen molar-refractivity contribution in [1.29, 1.82) is 0 Å². The van der Waals surface area contributed by atoms with Gasteiger partial charge in [0.05, 0.1) is 0 Å². The van der Waals surface area contributed by atoms with E-state index in [1.165, 1.54) is 11.1 Å². The predicted octanol–water partition coefficient (Wildman–Crippen LogP) is 2.56. The molecule has 1 aromatic rings. The van der Waals surface area contributed by atoms with Gasteiger partial charge in [0, 0.05) is 25.9 Å². The Kier molecular flexibility index (Phi) is 4.93. The summed E-state index contributed by atoms with van der Waals surface area (Å²) in [5, 5.41) is 8.56. The molecular weight excluding hydrogens is 254 g/mol. The number of carbonyl (C=O) groups is 2. The smallest absolute Gasteiger partial charge is 0.303 e. The fourth-order valence-electron chi connectivity index (χ4n) is 2.36. The van der Waals surface area contributed by atoms with Gasteiger partial charge < -0.3 is 10.0 Å². The van der Waals surface area contributed by atoms with E-state index in [0.717, 1.165) is 6.42 Å². The second kappa shape index (κ2) is 6.89. The van der Waals surface area contributed by atoms with Crippen LogP contribution in [0.4, 0.5) is 0 Å². The third-order valence-corrected chi connectivity index (χ3v) is 3.49. The van der Waals surface area contributed by atoms with Crippen molar-refractivity contribution in [3.8, 4) is 0 Å². The Balaban J connectivity index is 1.85. The molecule has 1 aromatic carbocycles. The molecule has 1 aliphatic rings. The fourth-order valence-corrected chi connectivity index (χ4v) is 2.36. The minimum absolute atomic E-state index is 0.0506. The Hall–Kier alpha value is -2.10. The number of hydrogen-bond acceptors (Lipinski definition) is 2. The molecule has 2 rings (SSSR count). The van der Waals surface area contributed by atoms with Gasteiger partial charge in [0.2, 0.25) is 5.91 Å². The molecule has 0 saturated heterocycles. The molecule has 0 saturated carbocycles. The van der Waals surface area contributed by atoms with Crippen molar-refractivity contribution < 1.29 is 14.7 Å². The molecule has 4 nitrogen and oxygen atoms in total. The van der Waals surface area contributed by atoms with Crippen LogP contribution in [0.25, 0.3) is 5.57 Å². The first-order valence-electron chi connectivity index (χ1n) is 6.91. The number of rotatable bonds is 5. The van der Waals surface area contributed by atoms with E-state index in [1.54, 1.807) is 4.90 Å². The van der Waals surface area contributed by atoms with Crippen LogP contribution in [0.3, 0.4) is 0 Å². The fraction of sp³-hybridized carbons (Fsp3) is 0.375. The van der Waals surface area contributed by atoms with Crippen LogP contribution in [-0.2, 0) is 9.59 Å². The lowest BCUT2D eigenvalue weighted by molar-refractivity contribution is -0.137. The van der Waals surface area contributed by atoms with E-state index in [4.69, 9.17) is 5.11 Å². The topological polar surface area (TPSA) is 57.6 Å². The van der Waals surface area contributed by atoms with Gasteiger partial charge >= 0.3 is 5.97 Å². The van der Waals surface area contributed by atoms with Crippen LogP contribution in [-0.4, -0.2) is 35.0 Å². The summed E-state index contributed by atoms with van der Waals surface area (Å²) >= 11 is 0. The first-order valence-corrected chi connectivity index (χ1v) is 6.91. The molecular formula is C16H19NO3. The maximum absolute atomic E-state index is 11.9. The molecule has 1 aliphatic heterocycles. The van der Waals surface area contributed by atoms with Gasteiger partial charge in [-0.25, -0.2) is 0 Å². The monoisotopic (exact) mass is 273 g/mol. The Morgan fingerprint density at radius 3 is 2.50 bits per heavy atom. The molecule has 1 amide bonds. The zero-order valence-corrected chi connectivity index (χ0v) is 11.4. The van der Waals surface area contributed by atoms with Crippen LogP contribution in [0, 0.1) is 0 Å². The van der Waals surface area contributed by atoms with E-state index in [0.29, 0.717) is 25.9 Å². The van der Waals surface area contributed by atoms with Crippen LogP contribution in [0.5, 0.6) is 0 Å². The van der Waals surface area contributed by atoms with Crippen molar-refractivity contribution >= 4 is 17.4 Å². The lowest BCUT2D eigenvalue weighted by Gasteiger charge is -2.26. The molecule has 106 valence electrons. The maximum atomic E-state index is 11.9. The van der Waals surface area contributed by atoms with Gasteiger partial charge in [-0.15, -0.1) is 0 Å². The van der Waals surface area contributed by atoms with Crippen LogP contribution in [0.2, 0.25) is 0 Å². The SMILES string of the molecule is O=C(O)CCCC(=O)N1CC=C(c2ccccc2)CC1. The van der Waals surface area contributed by atoms with Crippen LogP contribution in [0.1, 0.15) is 31.2 Å². The van der Waals surface area contributed by atoms with Gasteiger partial charge in [-0.3, -0.25) is 9.59 Å². The van der Waals surface area contributed by atoms with Gasteiger partial charge in [-0.2, -0.15) is 0 Å². The number of carboxylic acid groups (broad SMARTS) is 1. The number of carbonyl (C=O) groups excluding carboxylic acids is 1. The largest absolute Gasteiger partial charge is 0.481 e. The average molecular weight is 273 g/mol. The number of nitrogens with zero attached hydrogens (tertiary/aromatic N) is 1. The minimum atomic E-state index is -0.845. The molecule has 1 heterocycles. The zero-order chi connectivity index (χ0) is 14.4. The molecule has 1 N–H and O–H groups in total. The summed E-state index contributed by atoms with van der Waals surface area (Å²) in [6, 6.07) is 10.2. The second-order valence-electron chi connectivity index (χ2n) is 4.93. The number of benzene rings is 1. The second-order valence-corrected chi connectivity index (χ2v) is 4.93. The van der Waals surface area contributed by atoms with Crippen molar-refractivity contribution in [1.82, 2.24) is 4.90 Å². The van der Waals surface area contributed by atoms with Crippen LogP contribution >= 0.6 is 0 Å². The first-order chi connectivity index (χ1) is 9.66. The normalized spacial score (nSPS) is 14.8. The highest BCUT2D eigenvalue weighted by Gasteiger charge is 2.17. The van der Waals surface area contributed by atoms with Gasteiger partial charge in [-0.05, 0) is 24.0 Å². The lowest BCUT2D eigenvalue weighted by Crippen LogP contribution is -2.34. The van der Waals surface area contributed by atoms with Crippen molar-refractivity contribution in [2.75, 3.05) is 13.1 Å². The Morgan fingerprint density at radius 1 is 1.15 bits per heavy atom. The van der Waals surface area contributed by atoms with Gasteiger partial charge in [-0.1, -0.05) is 36.4 Å². The quantitative estimate of drug-likeness (QED) is 0.897. The molecule has 0 unspecified atom stereocenters. The van der Waals surface area contributed by atoms with Crippen molar-refractivity contribution in [3.63, 3.8) is 0 Å². The molecule has 0 atom stereocenters. The van der Waals surface area contributed by atoms with Crippen molar-refractivity contribution in [3.05, 3.63) is 42.0 Å². The number of hydrogen-bond donors (Lipinski definition) is 1. The highest BCUT2D eigenvalue weighted by molar-refractivity contribution is 5.78. The van der Waals surface area contributed by atoms with E-state index in [1.807, 2.05) is 18.2 Å². The standard InChI is InChI=1S/C16H19NO3/c18-15(7-4-8-16(19)20)17-11-9-14(10-12-17)13-5-2-1-3-6-13/h1-3,5-6,9H,4,7-8,10-12H2,(H,19,20). The molecule has 0 aromatic heterocycles. The predicted molar refractivity (Wildman–Crippen MR) is 77.1 cm³/mol. The van der Waals surface area contributed by atoms with Gasteiger partial charge in [0.15, 0.2) is 0 Å². The number of carboxylic acids is 1. The van der Waals surface area contributed by atoms with Gasteiger partial charge in [0.25, 0.3) is 0 Å². The van der Waals surface area contributed by atoms with E-state index in [2.05, 4.69) is 18.2 Å². The first kappa shape index (κ1) is 14.3. The van der Waals surface area contributed by atoms with E-state index >= 15 is 0 Å². The molecule has 0 fully saturated rings. The Labute approximate surface area is 118 Å². The third kappa shape index (κ3) is 3.95. The zero-order valence-electron chi connectivity index (χ0n) is 11.4. The minimum Gasteiger partial charge on any atom is -0.481 e. The molecule has 0 radical (unpaired) electrons. The number of amides is 1. The van der Waals surface area contributed by atoms with Crippen LogP contribution < -0.4 is 0 Å². The van der Waals surface area contributed by atoms with Crippen molar-refractivity contribution in [2.45, 2.75) is 25.7 Å². The molecule has 20 heavy (non-hydrogen) atoms. The van der Waals surface area contributed by atoms with Crippen molar-refractivity contribution in [2.24, 2.45) is 0 Å². The lowest BCUT2D eigenvalue weighted by atomic mass is 9.99. The van der Waals surface area contributed by atoms with Gasteiger partial charge in [0.1, 0.15) is 0 Å². The average Bonchev–Trinajstić information content (AvgIpc) is 2.48. The third-order valence-electron chi connectivity index (χ3n) is 3.49. The summed E-state index contributed by atoms with van der Waals surface area (Å²) in [6.45, 7) is 1.34. The summed E-state index contributed by atoms with van der Waals surface area (Å²) in [4.78, 5) is 24.1. The summed E-state index contributed by atoms with van der Waals surface area (Å²) < 4.78 is 0. The van der Waals surface area contributed by atoms with E-state index < -0.39 is 5.97 Å². The summed E-state index contributed by atoms with van der Waals surface area (Å²) in [5.74, 6) is -0.794. The van der Waals surface area contributed by atoms with E-state index in [-0.39, 0.29) is 12.3 Å². The summed E-state index contributed by atoms with van der Waals surface area (Å²) in [6.07, 6.45) is 3.74.